The number of rotatable bonds is 6. The third-order valence-electron chi connectivity index (χ3n) is 7.53. The van der Waals surface area contributed by atoms with Gasteiger partial charge in [-0.15, -0.1) is 0 Å². The van der Waals surface area contributed by atoms with Crippen LogP contribution in [-0.4, -0.2) is 53.2 Å². The van der Waals surface area contributed by atoms with Crippen molar-refractivity contribution in [2.45, 2.75) is 56.5 Å². The average Bonchev–Trinajstić information content (AvgIpc) is 3.56. The van der Waals surface area contributed by atoms with E-state index in [-0.39, 0.29) is 30.4 Å². The normalized spacial score (nSPS) is 23.4. The molecule has 2 fully saturated rings. The summed E-state index contributed by atoms with van der Waals surface area (Å²) in [5, 5.41) is 12.3. The van der Waals surface area contributed by atoms with Crippen molar-refractivity contribution in [3.8, 4) is 11.1 Å². The van der Waals surface area contributed by atoms with Crippen LogP contribution in [0.3, 0.4) is 0 Å². The number of likely N-dealkylation sites (tertiary alicyclic amines) is 1. The zero-order valence-electron chi connectivity index (χ0n) is 19.1. The summed E-state index contributed by atoms with van der Waals surface area (Å²) < 4.78 is 5.65. The third kappa shape index (κ3) is 4.39. The molecule has 0 radical (unpaired) electrons. The van der Waals surface area contributed by atoms with Crippen molar-refractivity contribution in [2.24, 2.45) is 5.92 Å². The van der Waals surface area contributed by atoms with Crippen LogP contribution in [0.5, 0.6) is 0 Å². The molecule has 2 aromatic carbocycles. The molecule has 3 atom stereocenters. The number of carboxylic acid groups (broad SMARTS) is 1. The van der Waals surface area contributed by atoms with Gasteiger partial charge in [0.15, 0.2) is 0 Å². The van der Waals surface area contributed by atoms with Crippen LogP contribution in [0.2, 0.25) is 0 Å². The Bertz CT molecular complexity index is 1050. The number of carbonyl (C=O) groups excluding carboxylic acids is 2. The van der Waals surface area contributed by atoms with Crippen LogP contribution in [0.15, 0.2) is 48.5 Å². The minimum Gasteiger partial charge on any atom is -0.480 e. The van der Waals surface area contributed by atoms with E-state index in [2.05, 4.69) is 29.6 Å². The van der Waals surface area contributed by atoms with E-state index in [0.29, 0.717) is 25.8 Å². The van der Waals surface area contributed by atoms with Crippen molar-refractivity contribution in [3.05, 3.63) is 59.7 Å². The number of amides is 2. The van der Waals surface area contributed by atoms with Gasteiger partial charge in [-0.2, -0.15) is 0 Å². The lowest BCUT2D eigenvalue weighted by molar-refractivity contribution is -0.148. The number of carbonyl (C=O) groups is 3. The Morgan fingerprint density at radius 1 is 0.971 bits per heavy atom. The SMILES string of the molecule is O=C(NC1CCC(CC(=O)N2CCC[C@H]2C(=O)O)C1)OCC1c2ccccc2-c2ccccc21. The fraction of sp³-hybridized carbons (Fsp3) is 0.444. The number of ether oxygens (including phenoxy) is 1. The van der Waals surface area contributed by atoms with Crippen LogP contribution in [0.25, 0.3) is 11.1 Å². The monoisotopic (exact) mass is 462 g/mol. The van der Waals surface area contributed by atoms with Gasteiger partial charge in [0.25, 0.3) is 0 Å². The van der Waals surface area contributed by atoms with E-state index in [9.17, 15) is 19.5 Å². The molecule has 3 aliphatic rings. The third-order valence-corrected chi connectivity index (χ3v) is 7.53. The highest BCUT2D eigenvalue weighted by atomic mass is 16.5. The number of nitrogens with zero attached hydrogens (tertiary/aromatic N) is 1. The van der Waals surface area contributed by atoms with Crippen LogP contribution < -0.4 is 5.32 Å². The molecule has 7 nitrogen and oxygen atoms in total. The summed E-state index contributed by atoms with van der Waals surface area (Å²) in [6.07, 6.45) is 3.52. The Morgan fingerprint density at radius 2 is 1.65 bits per heavy atom. The van der Waals surface area contributed by atoms with Crippen molar-refractivity contribution in [3.63, 3.8) is 0 Å². The van der Waals surface area contributed by atoms with Crippen molar-refractivity contribution < 1.29 is 24.2 Å². The lowest BCUT2D eigenvalue weighted by atomic mass is 9.98. The first kappa shape index (κ1) is 22.4. The molecule has 2 unspecified atom stereocenters. The van der Waals surface area contributed by atoms with Gasteiger partial charge in [-0.05, 0) is 60.3 Å². The quantitative estimate of drug-likeness (QED) is 0.672. The molecular formula is C27H30N2O5. The predicted molar refractivity (Wildman–Crippen MR) is 126 cm³/mol. The van der Waals surface area contributed by atoms with Gasteiger partial charge >= 0.3 is 12.1 Å². The van der Waals surface area contributed by atoms with E-state index in [1.54, 1.807) is 0 Å². The zero-order chi connectivity index (χ0) is 23.7. The first-order valence-corrected chi connectivity index (χ1v) is 12.1. The summed E-state index contributed by atoms with van der Waals surface area (Å²) in [5.74, 6) is -0.833. The largest absolute Gasteiger partial charge is 0.480 e. The summed E-state index contributed by atoms with van der Waals surface area (Å²) >= 11 is 0. The number of alkyl carbamates (subject to hydrolysis) is 1. The molecule has 0 aromatic heterocycles. The molecule has 2 aromatic rings. The van der Waals surface area contributed by atoms with Crippen LogP contribution in [-0.2, 0) is 14.3 Å². The summed E-state index contributed by atoms with van der Waals surface area (Å²) in [6, 6.07) is 15.8. The number of carboxylic acids is 1. The maximum atomic E-state index is 12.6. The van der Waals surface area contributed by atoms with E-state index in [1.165, 1.54) is 27.2 Å². The smallest absolute Gasteiger partial charge is 0.407 e. The lowest BCUT2D eigenvalue weighted by Gasteiger charge is -2.23. The average molecular weight is 463 g/mol. The van der Waals surface area contributed by atoms with Gasteiger partial charge in [0.2, 0.25) is 5.91 Å². The Morgan fingerprint density at radius 3 is 2.32 bits per heavy atom. The van der Waals surface area contributed by atoms with Crippen LogP contribution in [0.1, 0.15) is 55.6 Å². The van der Waals surface area contributed by atoms with Crippen LogP contribution >= 0.6 is 0 Å². The van der Waals surface area contributed by atoms with Crippen LogP contribution in [0, 0.1) is 5.92 Å². The molecule has 0 spiro atoms. The van der Waals surface area contributed by atoms with Crippen LogP contribution in [0.4, 0.5) is 4.79 Å². The highest BCUT2D eigenvalue weighted by Crippen LogP contribution is 2.44. The van der Waals surface area contributed by atoms with Gasteiger partial charge in [0.1, 0.15) is 12.6 Å². The molecule has 5 rings (SSSR count). The predicted octanol–water partition coefficient (Wildman–Crippen LogP) is 4.16. The minimum absolute atomic E-state index is 0.0229. The van der Waals surface area contributed by atoms with Gasteiger partial charge in [-0.1, -0.05) is 48.5 Å². The van der Waals surface area contributed by atoms with Crippen molar-refractivity contribution in [1.82, 2.24) is 10.2 Å². The van der Waals surface area contributed by atoms with Crippen molar-refractivity contribution in [2.75, 3.05) is 13.2 Å². The van der Waals surface area contributed by atoms with Gasteiger partial charge < -0.3 is 20.1 Å². The topological polar surface area (TPSA) is 95.9 Å². The Hall–Kier alpha value is -3.35. The van der Waals surface area contributed by atoms with Gasteiger partial charge in [0, 0.05) is 24.9 Å². The van der Waals surface area contributed by atoms with Crippen molar-refractivity contribution in [1.29, 1.82) is 0 Å². The van der Waals surface area contributed by atoms with Gasteiger partial charge in [0.05, 0.1) is 0 Å². The second kappa shape index (κ2) is 9.49. The first-order chi connectivity index (χ1) is 16.5. The number of fused-ring (bicyclic) bond motifs is 3. The molecule has 2 N–H and O–H groups in total. The Labute approximate surface area is 199 Å². The zero-order valence-corrected chi connectivity index (χ0v) is 19.1. The van der Waals surface area contributed by atoms with E-state index in [0.717, 1.165) is 19.3 Å². The maximum Gasteiger partial charge on any atom is 0.407 e. The Balaban J connectivity index is 1.12. The number of nitrogens with one attached hydrogen (secondary N) is 1. The molecule has 7 heteroatoms. The maximum absolute atomic E-state index is 12.6. The fourth-order valence-corrected chi connectivity index (χ4v) is 5.88. The number of benzene rings is 2. The second-order valence-electron chi connectivity index (χ2n) is 9.63. The van der Waals surface area contributed by atoms with E-state index < -0.39 is 18.1 Å². The molecule has 1 aliphatic heterocycles. The minimum atomic E-state index is -0.924. The molecule has 0 bridgehead atoms. The lowest BCUT2D eigenvalue weighted by Crippen LogP contribution is -2.41. The van der Waals surface area contributed by atoms with Gasteiger partial charge in [-0.25, -0.2) is 9.59 Å². The highest BCUT2D eigenvalue weighted by Gasteiger charge is 2.36. The highest BCUT2D eigenvalue weighted by molar-refractivity contribution is 5.84. The van der Waals surface area contributed by atoms with E-state index in [4.69, 9.17) is 4.74 Å². The second-order valence-corrected chi connectivity index (χ2v) is 9.63. The molecule has 1 saturated heterocycles. The molecule has 34 heavy (non-hydrogen) atoms. The van der Waals surface area contributed by atoms with E-state index >= 15 is 0 Å². The van der Waals surface area contributed by atoms with Crippen molar-refractivity contribution >= 4 is 18.0 Å². The summed E-state index contributed by atoms with van der Waals surface area (Å²) in [6.45, 7) is 0.796. The molecule has 2 amide bonds. The molecule has 1 heterocycles. The summed E-state index contributed by atoms with van der Waals surface area (Å²) in [4.78, 5) is 38.1. The molecule has 2 aliphatic carbocycles. The van der Waals surface area contributed by atoms with E-state index in [1.807, 2.05) is 24.3 Å². The summed E-state index contributed by atoms with van der Waals surface area (Å²) in [7, 11) is 0. The summed E-state index contributed by atoms with van der Waals surface area (Å²) in [5.41, 5.74) is 4.74. The van der Waals surface area contributed by atoms with Gasteiger partial charge in [-0.3, -0.25) is 4.79 Å². The number of hydrogen-bond donors (Lipinski definition) is 2. The molecule has 1 saturated carbocycles. The standard InChI is InChI=1S/C27H30N2O5/c30-25(29-13-5-10-24(29)26(31)32)15-17-11-12-18(14-17)28-27(33)34-16-23-21-8-3-1-6-19(21)20-7-2-4-9-22(20)23/h1-4,6-9,17-18,23-24H,5,10-16H2,(H,28,33)(H,31,32)/t17?,18?,24-/m0/s1. The Kier molecular flexibility index (Phi) is 6.26. The molecular weight excluding hydrogens is 432 g/mol. The number of hydrogen-bond acceptors (Lipinski definition) is 4. The first-order valence-electron chi connectivity index (χ1n) is 12.1. The fourth-order valence-electron chi connectivity index (χ4n) is 5.88. The molecule has 178 valence electrons. The number of aliphatic carboxylic acids is 1.